The Morgan fingerprint density at radius 2 is 2.06 bits per heavy atom. The molecule has 3 heterocycles. The van der Waals surface area contributed by atoms with E-state index in [1.54, 1.807) is 29.2 Å². The number of benzene rings is 2. The van der Waals surface area contributed by atoms with E-state index in [0.29, 0.717) is 46.5 Å². The zero-order chi connectivity index (χ0) is 23.8. The van der Waals surface area contributed by atoms with Gasteiger partial charge >= 0.3 is 0 Å². The van der Waals surface area contributed by atoms with Gasteiger partial charge in [0.1, 0.15) is 22.6 Å². The molecule has 10 heteroatoms. The number of halogens is 2. The molecule has 2 unspecified atom stereocenters. The van der Waals surface area contributed by atoms with Crippen LogP contribution in [0.25, 0.3) is 16.8 Å². The summed E-state index contributed by atoms with van der Waals surface area (Å²) in [6.07, 6.45) is 4.81. The van der Waals surface area contributed by atoms with E-state index in [2.05, 4.69) is 27.4 Å². The lowest BCUT2D eigenvalue weighted by Crippen LogP contribution is -2.51. The molecule has 0 saturated carbocycles. The monoisotopic (exact) mass is 482 g/mol. The SMILES string of the molecule is Cc1ccc(F)c(C(=O)N2CCCC(C)C2CNc2nc3ccc(Cl)cc3o2)c1-n1nccn1. The summed E-state index contributed by atoms with van der Waals surface area (Å²) in [5, 5.41) is 12.1. The number of hydrogen-bond donors (Lipinski definition) is 1. The number of carbonyl (C=O) groups is 1. The highest BCUT2D eigenvalue weighted by Crippen LogP contribution is 2.30. The summed E-state index contributed by atoms with van der Waals surface area (Å²) in [6, 6.07) is 8.36. The van der Waals surface area contributed by atoms with Crippen molar-refractivity contribution in [3.05, 3.63) is 64.7 Å². The maximum atomic E-state index is 15.1. The summed E-state index contributed by atoms with van der Waals surface area (Å²) in [4.78, 5) is 21.3. The second-order valence-corrected chi connectivity index (χ2v) is 9.04. The number of aromatic nitrogens is 4. The Balaban J connectivity index is 1.44. The van der Waals surface area contributed by atoms with Crippen molar-refractivity contribution < 1.29 is 13.6 Å². The number of piperidine rings is 1. The molecular formula is C24H24ClFN6O2. The van der Waals surface area contributed by atoms with Crippen LogP contribution < -0.4 is 5.32 Å². The van der Waals surface area contributed by atoms with Gasteiger partial charge in [0.05, 0.1) is 18.4 Å². The van der Waals surface area contributed by atoms with E-state index >= 15 is 4.39 Å². The third kappa shape index (κ3) is 4.11. The first-order chi connectivity index (χ1) is 16.4. The fourth-order valence-electron chi connectivity index (χ4n) is 4.59. The van der Waals surface area contributed by atoms with Gasteiger partial charge in [-0.3, -0.25) is 4.79 Å². The lowest BCUT2D eigenvalue weighted by atomic mass is 9.89. The number of fused-ring (bicyclic) bond motifs is 1. The molecule has 2 atom stereocenters. The van der Waals surface area contributed by atoms with Crippen LogP contribution >= 0.6 is 11.6 Å². The number of nitrogens with zero attached hydrogens (tertiary/aromatic N) is 5. The van der Waals surface area contributed by atoms with Crippen molar-refractivity contribution in [1.82, 2.24) is 24.9 Å². The van der Waals surface area contributed by atoms with Crippen LogP contribution in [0, 0.1) is 18.7 Å². The summed E-state index contributed by atoms with van der Waals surface area (Å²) in [5.41, 5.74) is 2.32. The molecular weight excluding hydrogens is 459 g/mol. The maximum absolute atomic E-state index is 15.1. The third-order valence-corrected chi connectivity index (χ3v) is 6.59. The van der Waals surface area contributed by atoms with Gasteiger partial charge in [-0.05, 0) is 49.4 Å². The number of anilines is 1. The van der Waals surface area contributed by atoms with Crippen molar-refractivity contribution in [2.24, 2.45) is 5.92 Å². The van der Waals surface area contributed by atoms with Gasteiger partial charge in [0.25, 0.3) is 11.9 Å². The van der Waals surface area contributed by atoms with E-state index in [0.717, 1.165) is 12.8 Å². The lowest BCUT2D eigenvalue weighted by molar-refractivity contribution is 0.0534. The fraction of sp³-hybridized carbons (Fsp3) is 0.333. The van der Waals surface area contributed by atoms with E-state index in [1.807, 2.05) is 6.92 Å². The van der Waals surface area contributed by atoms with Crippen LogP contribution in [0.3, 0.4) is 0 Å². The Bertz CT molecular complexity index is 1340. The second kappa shape index (κ2) is 9.06. The second-order valence-electron chi connectivity index (χ2n) is 8.60. The number of carbonyl (C=O) groups excluding carboxylic acids is 1. The first-order valence-electron chi connectivity index (χ1n) is 11.2. The van der Waals surface area contributed by atoms with Gasteiger partial charge in [0.15, 0.2) is 5.58 Å². The molecule has 1 aliphatic rings. The molecule has 8 nitrogen and oxygen atoms in total. The van der Waals surface area contributed by atoms with E-state index in [1.165, 1.54) is 23.3 Å². The Kier molecular flexibility index (Phi) is 5.95. The van der Waals surface area contributed by atoms with Crippen LogP contribution in [-0.4, -0.2) is 49.9 Å². The average Bonchev–Trinajstić information content (AvgIpc) is 3.48. The Hall–Kier alpha value is -3.46. The Morgan fingerprint density at radius 3 is 2.85 bits per heavy atom. The zero-order valence-corrected chi connectivity index (χ0v) is 19.6. The molecule has 2 aromatic carbocycles. The van der Waals surface area contributed by atoms with Gasteiger partial charge in [0.2, 0.25) is 0 Å². The van der Waals surface area contributed by atoms with Crippen molar-refractivity contribution in [3.8, 4) is 5.69 Å². The first-order valence-corrected chi connectivity index (χ1v) is 11.6. The van der Waals surface area contributed by atoms with Gasteiger partial charge in [0, 0.05) is 24.2 Å². The number of hydrogen-bond acceptors (Lipinski definition) is 6. The predicted molar refractivity (Wildman–Crippen MR) is 127 cm³/mol. The number of aryl methyl sites for hydroxylation is 1. The lowest BCUT2D eigenvalue weighted by Gasteiger charge is -2.40. The molecule has 1 N–H and O–H groups in total. The normalized spacial score (nSPS) is 18.4. The third-order valence-electron chi connectivity index (χ3n) is 6.35. The number of rotatable bonds is 5. The minimum absolute atomic E-state index is 0.0215. The van der Waals surface area contributed by atoms with Gasteiger partial charge in [-0.25, -0.2) is 4.39 Å². The van der Waals surface area contributed by atoms with Crippen LogP contribution in [0.5, 0.6) is 0 Å². The molecule has 0 radical (unpaired) electrons. The van der Waals surface area contributed by atoms with Gasteiger partial charge in [-0.1, -0.05) is 24.6 Å². The van der Waals surface area contributed by atoms with Gasteiger partial charge in [-0.15, -0.1) is 0 Å². The molecule has 0 spiro atoms. The highest BCUT2D eigenvalue weighted by atomic mass is 35.5. The van der Waals surface area contributed by atoms with Crippen LogP contribution in [0.1, 0.15) is 35.7 Å². The Labute approximate surface area is 200 Å². The highest BCUT2D eigenvalue weighted by Gasteiger charge is 2.35. The highest BCUT2D eigenvalue weighted by molar-refractivity contribution is 6.31. The molecule has 1 aliphatic heterocycles. The fourth-order valence-corrected chi connectivity index (χ4v) is 4.75. The predicted octanol–water partition coefficient (Wildman–Crippen LogP) is 4.86. The summed E-state index contributed by atoms with van der Waals surface area (Å²) in [6.45, 7) is 4.85. The van der Waals surface area contributed by atoms with E-state index < -0.39 is 5.82 Å². The van der Waals surface area contributed by atoms with Crippen LogP contribution in [0.4, 0.5) is 10.4 Å². The number of likely N-dealkylation sites (tertiary alicyclic amines) is 1. The minimum Gasteiger partial charge on any atom is -0.424 e. The zero-order valence-electron chi connectivity index (χ0n) is 18.8. The largest absolute Gasteiger partial charge is 0.424 e. The van der Waals surface area contributed by atoms with Crippen molar-refractivity contribution in [2.75, 3.05) is 18.4 Å². The molecule has 0 bridgehead atoms. The molecule has 176 valence electrons. The summed E-state index contributed by atoms with van der Waals surface area (Å²) in [5.74, 6) is -0.775. The minimum atomic E-state index is -0.594. The first kappa shape index (κ1) is 22.3. The molecule has 4 aromatic rings. The molecule has 1 fully saturated rings. The van der Waals surface area contributed by atoms with Crippen molar-refractivity contribution in [2.45, 2.75) is 32.7 Å². The maximum Gasteiger partial charge on any atom is 0.295 e. The van der Waals surface area contributed by atoms with E-state index in [9.17, 15) is 4.79 Å². The van der Waals surface area contributed by atoms with Crippen LogP contribution in [0.2, 0.25) is 5.02 Å². The van der Waals surface area contributed by atoms with E-state index in [-0.39, 0.29) is 23.4 Å². The number of oxazole rings is 1. The number of nitrogens with one attached hydrogen (secondary N) is 1. The molecule has 5 rings (SSSR count). The van der Waals surface area contributed by atoms with Gasteiger partial charge in [-0.2, -0.15) is 20.0 Å². The van der Waals surface area contributed by atoms with Crippen molar-refractivity contribution in [3.63, 3.8) is 0 Å². The summed E-state index contributed by atoms with van der Waals surface area (Å²) in [7, 11) is 0. The van der Waals surface area contributed by atoms with Crippen LogP contribution in [0.15, 0.2) is 47.1 Å². The smallest absolute Gasteiger partial charge is 0.295 e. The average molecular weight is 483 g/mol. The quantitative estimate of drug-likeness (QED) is 0.437. The summed E-state index contributed by atoms with van der Waals surface area (Å²) >= 11 is 6.04. The summed E-state index contributed by atoms with van der Waals surface area (Å²) < 4.78 is 20.9. The number of amides is 1. The standard InChI is InChI=1S/C24H24ClFN6O2/c1-14-4-3-11-31(19(14)13-27-24-30-18-8-6-16(25)12-20(18)34-24)23(33)21-17(26)7-5-15(2)22(21)32-28-9-10-29-32/h5-10,12,14,19H,3-4,11,13H2,1-2H3,(H,27,30). The van der Waals surface area contributed by atoms with Crippen molar-refractivity contribution >= 4 is 34.6 Å². The van der Waals surface area contributed by atoms with Gasteiger partial charge < -0.3 is 14.6 Å². The molecule has 34 heavy (non-hydrogen) atoms. The molecule has 2 aromatic heterocycles. The van der Waals surface area contributed by atoms with Crippen molar-refractivity contribution in [1.29, 1.82) is 0 Å². The molecule has 1 amide bonds. The topological polar surface area (TPSA) is 89.1 Å². The molecule has 0 aliphatic carbocycles. The molecule has 1 saturated heterocycles. The van der Waals surface area contributed by atoms with Crippen LogP contribution in [-0.2, 0) is 0 Å². The Morgan fingerprint density at radius 1 is 1.26 bits per heavy atom. The van der Waals surface area contributed by atoms with E-state index in [4.69, 9.17) is 16.0 Å².